The lowest BCUT2D eigenvalue weighted by Gasteiger charge is -2.29. The zero-order chi connectivity index (χ0) is 14.8. The number of benzene rings is 1. The van der Waals surface area contributed by atoms with Gasteiger partial charge in [0.15, 0.2) is 0 Å². The van der Waals surface area contributed by atoms with E-state index in [-0.39, 0.29) is 11.9 Å². The van der Waals surface area contributed by atoms with E-state index in [0.29, 0.717) is 19.5 Å². The highest BCUT2D eigenvalue weighted by Gasteiger charge is 2.23. The Morgan fingerprint density at radius 2 is 2.10 bits per heavy atom. The van der Waals surface area contributed by atoms with Crippen molar-refractivity contribution < 1.29 is 13.9 Å². The molecule has 0 saturated heterocycles. The van der Waals surface area contributed by atoms with Crippen LogP contribution in [0.4, 0.5) is 9.18 Å². The summed E-state index contributed by atoms with van der Waals surface area (Å²) in [5.74, 6) is -0.238. The predicted octanol–water partition coefficient (Wildman–Crippen LogP) is 3.85. The van der Waals surface area contributed by atoms with Crippen molar-refractivity contribution in [2.75, 3.05) is 13.1 Å². The molecule has 4 heteroatoms. The molecule has 3 nitrogen and oxygen atoms in total. The van der Waals surface area contributed by atoms with Gasteiger partial charge < -0.3 is 9.64 Å². The lowest BCUT2D eigenvalue weighted by Crippen LogP contribution is -2.39. The Morgan fingerprint density at radius 3 is 2.65 bits per heavy atom. The maximum atomic E-state index is 13.2. The van der Waals surface area contributed by atoms with Crippen molar-refractivity contribution in [2.24, 2.45) is 0 Å². The Morgan fingerprint density at radius 1 is 1.35 bits per heavy atom. The summed E-state index contributed by atoms with van der Waals surface area (Å²) < 4.78 is 18.5. The Kier molecular flexibility index (Phi) is 4.12. The van der Waals surface area contributed by atoms with Crippen molar-refractivity contribution in [3.05, 3.63) is 41.7 Å². The topological polar surface area (TPSA) is 29.5 Å². The Labute approximate surface area is 119 Å². The van der Waals surface area contributed by atoms with Gasteiger partial charge in [-0.15, -0.1) is 0 Å². The summed E-state index contributed by atoms with van der Waals surface area (Å²) in [4.78, 5) is 13.6. The molecule has 1 aromatic carbocycles. The van der Waals surface area contributed by atoms with E-state index in [0.717, 1.165) is 11.1 Å². The van der Waals surface area contributed by atoms with Crippen LogP contribution < -0.4 is 0 Å². The summed E-state index contributed by atoms with van der Waals surface area (Å²) in [5.41, 5.74) is 1.47. The number of rotatable bonds is 1. The third-order valence-corrected chi connectivity index (χ3v) is 3.06. The number of ether oxygens (including phenoxy) is 1. The van der Waals surface area contributed by atoms with Gasteiger partial charge in [-0.25, -0.2) is 9.18 Å². The van der Waals surface area contributed by atoms with E-state index >= 15 is 0 Å². The molecule has 1 aliphatic heterocycles. The SMILES string of the molecule is CC(C)(C)OC(=O)N1CC=C(c2cccc(F)c2)CC1. The first-order valence-corrected chi connectivity index (χ1v) is 6.78. The molecular weight excluding hydrogens is 257 g/mol. The molecule has 1 amide bonds. The first kappa shape index (κ1) is 14.6. The van der Waals surface area contributed by atoms with Crippen LogP contribution in [0.2, 0.25) is 0 Å². The van der Waals surface area contributed by atoms with Crippen LogP contribution in [0, 0.1) is 5.82 Å². The van der Waals surface area contributed by atoms with Crippen LogP contribution in [-0.4, -0.2) is 29.7 Å². The fourth-order valence-electron chi connectivity index (χ4n) is 2.11. The minimum atomic E-state index is -0.483. The van der Waals surface area contributed by atoms with Gasteiger partial charge in [0.2, 0.25) is 0 Å². The van der Waals surface area contributed by atoms with Gasteiger partial charge in [-0.05, 0) is 50.5 Å². The lowest BCUT2D eigenvalue weighted by molar-refractivity contribution is 0.0270. The maximum absolute atomic E-state index is 13.2. The molecule has 1 heterocycles. The van der Waals surface area contributed by atoms with Crippen molar-refractivity contribution in [2.45, 2.75) is 32.8 Å². The quantitative estimate of drug-likeness (QED) is 0.780. The molecule has 0 aliphatic carbocycles. The molecule has 108 valence electrons. The smallest absolute Gasteiger partial charge is 0.410 e. The van der Waals surface area contributed by atoms with E-state index in [1.54, 1.807) is 11.0 Å². The summed E-state index contributed by atoms with van der Waals surface area (Å²) >= 11 is 0. The fourth-order valence-corrected chi connectivity index (χ4v) is 2.11. The Hall–Kier alpha value is -1.84. The molecule has 0 atom stereocenters. The molecule has 0 radical (unpaired) electrons. The first-order valence-electron chi connectivity index (χ1n) is 6.78. The van der Waals surface area contributed by atoms with E-state index in [2.05, 4.69) is 0 Å². The first-order chi connectivity index (χ1) is 9.35. The van der Waals surface area contributed by atoms with Gasteiger partial charge in [-0.2, -0.15) is 0 Å². The summed E-state index contributed by atoms with van der Waals surface area (Å²) in [6.45, 7) is 6.65. The zero-order valence-electron chi connectivity index (χ0n) is 12.1. The molecule has 0 N–H and O–H groups in total. The van der Waals surface area contributed by atoms with E-state index in [4.69, 9.17) is 4.74 Å². The van der Waals surface area contributed by atoms with Crippen LogP contribution >= 0.6 is 0 Å². The number of carbonyl (C=O) groups excluding carboxylic acids is 1. The molecular formula is C16H20FNO2. The number of carbonyl (C=O) groups is 1. The van der Waals surface area contributed by atoms with Crippen LogP contribution in [0.1, 0.15) is 32.8 Å². The van der Waals surface area contributed by atoms with Gasteiger partial charge >= 0.3 is 6.09 Å². The van der Waals surface area contributed by atoms with Crippen molar-refractivity contribution >= 4 is 11.7 Å². The summed E-state index contributed by atoms with van der Waals surface area (Å²) in [5, 5.41) is 0. The highest BCUT2D eigenvalue weighted by molar-refractivity contribution is 5.72. The van der Waals surface area contributed by atoms with Crippen molar-refractivity contribution in [1.29, 1.82) is 0 Å². The molecule has 0 fully saturated rings. The highest BCUT2D eigenvalue weighted by Crippen LogP contribution is 2.23. The molecule has 0 spiro atoms. The molecule has 0 aromatic heterocycles. The minimum Gasteiger partial charge on any atom is -0.444 e. The molecule has 0 saturated carbocycles. The number of hydrogen-bond donors (Lipinski definition) is 0. The predicted molar refractivity (Wildman–Crippen MR) is 76.8 cm³/mol. The number of hydrogen-bond acceptors (Lipinski definition) is 2. The van der Waals surface area contributed by atoms with Crippen LogP contribution in [-0.2, 0) is 4.74 Å². The van der Waals surface area contributed by atoms with Gasteiger partial charge in [0, 0.05) is 13.1 Å². The summed E-state index contributed by atoms with van der Waals surface area (Å²) in [6.07, 6.45) is 2.37. The molecule has 1 aromatic rings. The van der Waals surface area contributed by atoms with E-state index < -0.39 is 5.60 Å². The normalized spacial score (nSPS) is 15.8. The average molecular weight is 277 g/mol. The van der Waals surface area contributed by atoms with Crippen LogP contribution in [0.5, 0.6) is 0 Å². The summed E-state index contributed by atoms with van der Waals surface area (Å²) in [6, 6.07) is 6.54. The van der Waals surface area contributed by atoms with Crippen molar-refractivity contribution in [1.82, 2.24) is 4.90 Å². The monoisotopic (exact) mass is 277 g/mol. The molecule has 1 aliphatic rings. The molecule has 20 heavy (non-hydrogen) atoms. The molecule has 0 unspecified atom stereocenters. The largest absolute Gasteiger partial charge is 0.444 e. The van der Waals surface area contributed by atoms with Crippen molar-refractivity contribution in [3.63, 3.8) is 0 Å². The van der Waals surface area contributed by atoms with E-state index in [1.165, 1.54) is 12.1 Å². The molecule has 0 bridgehead atoms. The minimum absolute atomic E-state index is 0.238. The van der Waals surface area contributed by atoms with Gasteiger partial charge in [-0.1, -0.05) is 18.2 Å². The van der Waals surface area contributed by atoms with Gasteiger partial charge in [0.25, 0.3) is 0 Å². The highest BCUT2D eigenvalue weighted by atomic mass is 19.1. The van der Waals surface area contributed by atoms with E-state index in [9.17, 15) is 9.18 Å². The van der Waals surface area contributed by atoms with Gasteiger partial charge in [0.1, 0.15) is 11.4 Å². The second-order valence-electron chi connectivity index (χ2n) is 5.92. The third kappa shape index (κ3) is 3.83. The van der Waals surface area contributed by atoms with E-state index in [1.807, 2.05) is 32.9 Å². The maximum Gasteiger partial charge on any atom is 0.410 e. The number of nitrogens with zero attached hydrogens (tertiary/aromatic N) is 1. The van der Waals surface area contributed by atoms with Crippen LogP contribution in [0.25, 0.3) is 5.57 Å². The lowest BCUT2D eigenvalue weighted by atomic mass is 10.00. The number of halogens is 1. The standard InChI is InChI=1S/C16H20FNO2/c1-16(2,3)20-15(19)18-9-7-12(8-10-18)13-5-4-6-14(17)11-13/h4-7,11H,8-10H2,1-3H3. The van der Waals surface area contributed by atoms with Crippen molar-refractivity contribution in [3.8, 4) is 0 Å². The van der Waals surface area contributed by atoms with Crippen LogP contribution in [0.15, 0.2) is 30.3 Å². The number of amides is 1. The zero-order valence-corrected chi connectivity index (χ0v) is 12.1. The third-order valence-electron chi connectivity index (χ3n) is 3.06. The summed E-state index contributed by atoms with van der Waals surface area (Å²) in [7, 11) is 0. The second-order valence-corrected chi connectivity index (χ2v) is 5.92. The van der Waals surface area contributed by atoms with Gasteiger partial charge in [0.05, 0.1) is 0 Å². The second kappa shape index (κ2) is 5.65. The fraction of sp³-hybridized carbons (Fsp3) is 0.438. The Bertz CT molecular complexity index is 532. The Balaban J connectivity index is 2.02. The van der Waals surface area contributed by atoms with Gasteiger partial charge in [-0.3, -0.25) is 0 Å². The average Bonchev–Trinajstić information content (AvgIpc) is 2.37. The van der Waals surface area contributed by atoms with Crippen LogP contribution in [0.3, 0.4) is 0 Å². The molecule has 2 rings (SSSR count).